The summed E-state index contributed by atoms with van der Waals surface area (Å²) in [5.41, 5.74) is 12.6. The van der Waals surface area contributed by atoms with Crippen LogP contribution in [0.25, 0.3) is 6.08 Å². The van der Waals surface area contributed by atoms with Crippen LogP contribution in [-0.2, 0) is 25.7 Å². The van der Waals surface area contributed by atoms with Crippen LogP contribution >= 0.6 is 0 Å². The van der Waals surface area contributed by atoms with Crippen molar-refractivity contribution in [3.63, 3.8) is 0 Å². The van der Waals surface area contributed by atoms with Crippen molar-refractivity contribution in [3.05, 3.63) is 77.9 Å². The Balaban J connectivity index is 2.13. The monoisotopic (exact) mass is 649 g/mol. The molecule has 0 saturated carbocycles. The number of hydrogen-bond donors (Lipinski definition) is 5. The summed E-state index contributed by atoms with van der Waals surface area (Å²) in [7, 11) is 1.55. The number of amides is 4. The predicted molar refractivity (Wildman–Crippen MR) is 185 cm³/mol. The second kappa shape index (κ2) is 20.3. The van der Waals surface area contributed by atoms with Crippen molar-refractivity contribution < 1.29 is 23.9 Å². The summed E-state index contributed by atoms with van der Waals surface area (Å²) in [6.07, 6.45) is 3.41. The van der Waals surface area contributed by atoms with E-state index in [2.05, 4.69) is 20.9 Å². The number of alkyl carbamates (subject to hydrolysis) is 1. The minimum atomic E-state index is -0.989. The van der Waals surface area contributed by atoms with Crippen LogP contribution in [0, 0.1) is 11.8 Å². The van der Waals surface area contributed by atoms with Crippen LogP contribution in [0.15, 0.2) is 71.7 Å². The summed E-state index contributed by atoms with van der Waals surface area (Å²) in [5, 5.41) is 8.57. The number of nitrogens with zero attached hydrogens (tertiary/aromatic N) is 2. The van der Waals surface area contributed by atoms with E-state index in [4.69, 9.17) is 16.2 Å². The van der Waals surface area contributed by atoms with E-state index in [1.54, 1.807) is 13.1 Å². The average Bonchev–Trinajstić information content (AvgIpc) is 3.04. The molecule has 0 spiro atoms. The Hall–Kier alpha value is -4.87. The van der Waals surface area contributed by atoms with Crippen molar-refractivity contribution in [3.8, 4) is 0 Å². The zero-order valence-electron chi connectivity index (χ0n) is 28.1. The molecule has 12 heteroatoms. The summed E-state index contributed by atoms with van der Waals surface area (Å²) >= 11 is 0. The van der Waals surface area contributed by atoms with Crippen LogP contribution in [0.4, 0.5) is 4.79 Å². The van der Waals surface area contributed by atoms with E-state index in [1.807, 2.05) is 88.4 Å². The minimum Gasteiger partial charge on any atom is -0.445 e. The van der Waals surface area contributed by atoms with Crippen molar-refractivity contribution in [1.82, 2.24) is 20.9 Å². The first kappa shape index (κ1) is 38.3. The fourth-order valence-electron chi connectivity index (χ4n) is 4.69. The number of hydrogen-bond acceptors (Lipinski definition) is 6. The molecule has 0 fully saturated rings. The van der Waals surface area contributed by atoms with Gasteiger partial charge in [-0.1, -0.05) is 88.4 Å². The van der Waals surface area contributed by atoms with E-state index in [0.717, 1.165) is 11.1 Å². The van der Waals surface area contributed by atoms with Crippen molar-refractivity contribution >= 4 is 35.9 Å². The van der Waals surface area contributed by atoms with Crippen molar-refractivity contribution in [1.29, 1.82) is 0 Å². The molecule has 2 aromatic rings. The molecule has 0 aliphatic carbocycles. The normalized spacial score (nSPS) is 13.0. The topological polar surface area (TPSA) is 181 Å². The molecule has 12 nitrogen and oxygen atoms in total. The van der Waals surface area contributed by atoms with E-state index in [-0.39, 0.29) is 55.7 Å². The molecular formula is C35H51N7O5. The molecule has 2 aromatic carbocycles. The summed E-state index contributed by atoms with van der Waals surface area (Å²) < 4.78 is 5.37. The third-order valence-electron chi connectivity index (χ3n) is 7.42. The van der Waals surface area contributed by atoms with Gasteiger partial charge < -0.3 is 37.1 Å². The van der Waals surface area contributed by atoms with Crippen LogP contribution < -0.4 is 27.4 Å². The molecule has 0 aromatic heterocycles. The van der Waals surface area contributed by atoms with Gasteiger partial charge in [-0.3, -0.25) is 19.4 Å². The summed E-state index contributed by atoms with van der Waals surface area (Å²) in [5.74, 6) is -1.10. The predicted octanol–water partition coefficient (Wildman–Crippen LogP) is 3.18. The van der Waals surface area contributed by atoms with Gasteiger partial charge in [0.25, 0.3) is 0 Å². The third kappa shape index (κ3) is 14.8. The maximum atomic E-state index is 13.9. The smallest absolute Gasteiger partial charge is 0.408 e. The highest BCUT2D eigenvalue weighted by molar-refractivity contribution is 5.92. The first-order valence-electron chi connectivity index (χ1n) is 16.0. The molecule has 47 heavy (non-hydrogen) atoms. The summed E-state index contributed by atoms with van der Waals surface area (Å²) in [6.45, 7) is 8.31. The molecule has 0 saturated heterocycles. The van der Waals surface area contributed by atoms with Crippen LogP contribution in [0.3, 0.4) is 0 Å². The van der Waals surface area contributed by atoms with Crippen molar-refractivity contribution in [2.24, 2.45) is 28.3 Å². The number of likely N-dealkylation sites (N-methyl/N-ethyl adjacent to an activating group) is 1. The number of ether oxygens (including phenoxy) is 1. The molecule has 4 amide bonds. The van der Waals surface area contributed by atoms with Gasteiger partial charge in [-0.15, -0.1) is 0 Å². The maximum absolute atomic E-state index is 13.9. The van der Waals surface area contributed by atoms with Gasteiger partial charge >= 0.3 is 6.09 Å². The first-order chi connectivity index (χ1) is 22.4. The number of nitrogens with one attached hydrogen (secondary N) is 3. The van der Waals surface area contributed by atoms with Crippen LogP contribution in [0.2, 0.25) is 0 Å². The van der Waals surface area contributed by atoms with E-state index in [0.29, 0.717) is 12.8 Å². The average molecular weight is 650 g/mol. The van der Waals surface area contributed by atoms with Gasteiger partial charge in [-0.2, -0.15) is 0 Å². The van der Waals surface area contributed by atoms with Crippen LogP contribution in [0.5, 0.6) is 0 Å². The first-order valence-corrected chi connectivity index (χ1v) is 16.0. The van der Waals surface area contributed by atoms with Crippen LogP contribution in [-0.4, -0.2) is 72.9 Å². The SMILES string of the molecule is CC(C)C[C@@H](C(=O)N[C@H](CNC(=O)C=Cc1ccccc1)C(C)C)N(C)C(=O)[C@H](CCCN=C(N)N)NC(=O)OCc1ccccc1. The molecule has 3 atom stereocenters. The Morgan fingerprint density at radius 3 is 2.17 bits per heavy atom. The van der Waals surface area contributed by atoms with Gasteiger partial charge in [-0.25, -0.2) is 4.79 Å². The highest BCUT2D eigenvalue weighted by atomic mass is 16.5. The Morgan fingerprint density at radius 2 is 1.57 bits per heavy atom. The Kier molecular flexibility index (Phi) is 16.5. The van der Waals surface area contributed by atoms with Gasteiger partial charge in [0.15, 0.2) is 5.96 Å². The standard InChI is InChI=1S/C35H51N7O5/c1-24(2)21-30(32(44)40-29(25(3)4)22-39-31(43)19-18-26-13-8-6-9-14-26)42(5)33(45)28(17-12-20-38-34(36)37)41-35(46)47-23-27-15-10-7-11-16-27/h6-11,13-16,18-19,24-25,28-30H,12,17,20-23H2,1-5H3,(H,39,43)(H,40,44)(H,41,46)(H4,36,37,38)/t28-,29+,30-/m0/s1. The second-order valence-electron chi connectivity index (χ2n) is 12.2. The Morgan fingerprint density at radius 1 is 0.936 bits per heavy atom. The summed E-state index contributed by atoms with van der Waals surface area (Å²) in [4.78, 5) is 58.2. The Bertz CT molecular complexity index is 1330. The molecule has 0 aliphatic rings. The second-order valence-corrected chi connectivity index (χ2v) is 12.2. The minimum absolute atomic E-state index is 0.0117. The molecule has 0 radical (unpaired) electrons. The lowest BCUT2D eigenvalue weighted by molar-refractivity contribution is -0.141. The van der Waals surface area contributed by atoms with Gasteiger partial charge in [0.1, 0.15) is 18.7 Å². The lowest BCUT2D eigenvalue weighted by Gasteiger charge is -2.33. The quantitative estimate of drug-likeness (QED) is 0.0712. The number of aliphatic imine (C=N–C) groups is 1. The van der Waals surface area contributed by atoms with Crippen molar-refractivity contribution in [2.45, 2.75) is 71.7 Å². The molecule has 0 unspecified atom stereocenters. The number of carbonyl (C=O) groups is 4. The third-order valence-corrected chi connectivity index (χ3v) is 7.42. The molecule has 256 valence electrons. The molecule has 2 rings (SSSR count). The molecule has 0 heterocycles. The van der Waals surface area contributed by atoms with E-state index in [1.165, 1.54) is 11.0 Å². The van der Waals surface area contributed by atoms with E-state index in [9.17, 15) is 19.2 Å². The molecule has 0 aliphatic heterocycles. The number of guanidine groups is 1. The zero-order chi connectivity index (χ0) is 34.8. The highest BCUT2D eigenvalue weighted by Gasteiger charge is 2.34. The van der Waals surface area contributed by atoms with Crippen LogP contribution in [0.1, 0.15) is 58.1 Å². The van der Waals surface area contributed by atoms with Gasteiger partial charge in [0.2, 0.25) is 17.7 Å². The van der Waals surface area contributed by atoms with Gasteiger partial charge in [0.05, 0.1) is 0 Å². The zero-order valence-corrected chi connectivity index (χ0v) is 28.1. The van der Waals surface area contributed by atoms with Crippen molar-refractivity contribution in [2.75, 3.05) is 20.1 Å². The maximum Gasteiger partial charge on any atom is 0.408 e. The van der Waals surface area contributed by atoms with E-state index >= 15 is 0 Å². The van der Waals surface area contributed by atoms with E-state index < -0.39 is 30.1 Å². The molecule has 7 N–H and O–H groups in total. The lowest BCUT2D eigenvalue weighted by atomic mass is 9.98. The molecular weight excluding hydrogens is 598 g/mol. The lowest BCUT2D eigenvalue weighted by Crippen LogP contribution is -2.57. The van der Waals surface area contributed by atoms with Gasteiger partial charge in [0, 0.05) is 32.3 Å². The number of nitrogens with two attached hydrogens (primary N) is 2. The van der Waals surface area contributed by atoms with Gasteiger partial charge in [-0.05, 0) is 48.3 Å². The largest absolute Gasteiger partial charge is 0.445 e. The Labute approximate surface area is 278 Å². The number of benzene rings is 2. The fourth-order valence-corrected chi connectivity index (χ4v) is 4.69. The fraction of sp³-hybridized carbons (Fsp3) is 0.457. The number of carbonyl (C=O) groups excluding carboxylic acids is 4. The number of rotatable bonds is 18. The summed E-state index contributed by atoms with van der Waals surface area (Å²) in [6, 6.07) is 16.4. The highest BCUT2D eigenvalue weighted by Crippen LogP contribution is 2.15. The molecule has 0 bridgehead atoms.